The average molecular weight is 625 g/mol. The molecule has 0 bridgehead atoms. The molecule has 0 amide bonds. The molecule has 2 unspecified atom stereocenters. The van der Waals surface area contributed by atoms with E-state index >= 15 is 0 Å². The number of hydrogen-bond acceptors (Lipinski definition) is 13. The molecule has 0 aromatic rings. The van der Waals surface area contributed by atoms with E-state index in [4.69, 9.17) is 0 Å². The molecule has 0 radical (unpaired) electrons. The van der Waals surface area contributed by atoms with Gasteiger partial charge in [0, 0.05) is 0 Å². The van der Waals surface area contributed by atoms with E-state index in [-0.39, 0.29) is 82.5 Å². The maximum atomic E-state index is 10.4. The molecule has 0 aromatic heterocycles. The fourth-order valence-electron chi connectivity index (χ4n) is 0.397. The van der Waals surface area contributed by atoms with Crippen molar-refractivity contribution >= 4 is 31.3 Å². The first-order chi connectivity index (χ1) is 7.12. The third-order valence-corrected chi connectivity index (χ3v) is 5.40. The summed E-state index contributed by atoms with van der Waals surface area (Å²) in [6.45, 7) is 0. The normalized spacial score (nSPS) is 15.9. The van der Waals surface area contributed by atoms with Crippen LogP contribution < -0.4 is 29.4 Å². The van der Waals surface area contributed by atoms with Crippen molar-refractivity contribution in [2.75, 3.05) is 0 Å². The molecule has 0 N–H and O–H groups in total. The van der Waals surface area contributed by atoms with E-state index in [2.05, 4.69) is 12.9 Å². The van der Waals surface area contributed by atoms with E-state index in [1.807, 2.05) is 0 Å². The molecule has 0 aromatic carbocycles. The SMILES string of the molecule is O=P([O-])([O-])OP(=O)([O-])OP(=O)([O-])OP(=O)([O-])[O-].[Ni+2].[Ni+2].[Ni+2].[Ni+2].[Ni+2]. The van der Waals surface area contributed by atoms with Gasteiger partial charge in [-0.1, -0.05) is 0 Å². The Kier molecular flexibility index (Phi) is 25.6. The van der Waals surface area contributed by atoms with E-state index in [0.717, 1.165) is 0 Å². The van der Waals surface area contributed by atoms with Crippen LogP contribution in [0, 0.1) is 0 Å². The van der Waals surface area contributed by atoms with Crippen LogP contribution in [0.3, 0.4) is 0 Å². The zero-order valence-electron chi connectivity index (χ0n) is 8.68. The first-order valence-corrected chi connectivity index (χ1v) is 8.76. The zero-order valence-corrected chi connectivity index (χ0v) is 17.2. The van der Waals surface area contributed by atoms with Crippen molar-refractivity contribution in [1.29, 1.82) is 0 Å². The van der Waals surface area contributed by atoms with Crippen molar-refractivity contribution in [3.63, 3.8) is 0 Å². The van der Waals surface area contributed by atoms with Crippen molar-refractivity contribution in [3.8, 4) is 0 Å². The average Bonchev–Trinajstić information content (AvgIpc) is 1.65. The monoisotopic (exact) mass is 622 g/mol. The molecule has 0 fully saturated rings. The summed E-state index contributed by atoms with van der Waals surface area (Å²) in [7, 11) is -24.9. The summed E-state index contributed by atoms with van der Waals surface area (Å²) in [5.74, 6) is 0. The molecular formula is Ni5O13P4+4. The van der Waals surface area contributed by atoms with Gasteiger partial charge in [0.1, 0.15) is 0 Å². The van der Waals surface area contributed by atoms with Gasteiger partial charge in [0.25, 0.3) is 15.6 Å². The molecule has 0 aliphatic rings. The first-order valence-electron chi connectivity index (χ1n) is 2.92. The van der Waals surface area contributed by atoms with E-state index in [1.165, 1.54) is 0 Å². The topological polar surface area (TPSA) is 234 Å². The summed E-state index contributed by atoms with van der Waals surface area (Å²) in [5.41, 5.74) is 0. The van der Waals surface area contributed by atoms with Crippen LogP contribution in [0.25, 0.3) is 0 Å². The third kappa shape index (κ3) is 25.3. The van der Waals surface area contributed by atoms with Crippen LogP contribution in [0.15, 0.2) is 0 Å². The summed E-state index contributed by atoms with van der Waals surface area (Å²) in [5, 5.41) is 0. The number of rotatable bonds is 6. The summed E-state index contributed by atoms with van der Waals surface area (Å²) in [6.07, 6.45) is 0. The van der Waals surface area contributed by atoms with Gasteiger partial charge >= 0.3 is 82.5 Å². The summed E-state index contributed by atoms with van der Waals surface area (Å²) >= 11 is 0. The molecule has 0 aliphatic carbocycles. The van der Waals surface area contributed by atoms with Crippen molar-refractivity contribution in [2.24, 2.45) is 0 Å². The van der Waals surface area contributed by atoms with Gasteiger partial charge in [-0.25, -0.2) is 4.31 Å². The van der Waals surface area contributed by atoms with E-state index in [9.17, 15) is 47.6 Å². The minimum Gasteiger partial charge on any atom is -0.790 e. The minimum absolute atomic E-state index is 0. The van der Waals surface area contributed by atoms with Gasteiger partial charge in [-0.2, -0.15) is 0 Å². The van der Waals surface area contributed by atoms with Gasteiger partial charge in [0.15, 0.2) is 0 Å². The van der Waals surface area contributed by atoms with E-state index in [0.29, 0.717) is 0 Å². The molecule has 0 rings (SSSR count). The van der Waals surface area contributed by atoms with Gasteiger partial charge in [-0.05, 0) is 0 Å². The standard InChI is InChI=1S/5Ni.H6O13P4/c;;;;;1-14(2,3)11-16(7,8)13-17(9,10)12-15(4,5)6/h;;;;;(H,7,8)(H,9,10)(H2,1,2,3)(H2,4,5,6)/q5*+2;/p-6. The molecule has 0 saturated heterocycles. The van der Waals surface area contributed by atoms with Gasteiger partial charge in [-0.3, -0.25) is 17.8 Å². The second kappa shape index (κ2) is 14.1. The van der Waals surface area contributed by atoms with Crippen molar-refractivity contribution < 1.29 is 143 Å². The van der Waals surface area contributed by atoms with Gasteiger partial charge in [0.05, 0.1) is 15.6 Å². The molecule has 2 atom stereocenters. The smallest absolute Gasteiger partial charge is 0.790 e. The van der Waals surface area contributed by atoms with Crippen LogP contribution in [0.1, 0.15) is 0 Å². The maximum absolute atomic E-state index is 10.4. The number of phosphoric acid groups is 4. The Morgan fingerprint density at radius 2 is 0.636 bits per heavy atom. The molecular weight excluding hydrogens is 625 g/mol. The van der Waals surface area contributed by atoms with Crippen molar-refractivity contribution in [3.05, 3.63) is 0 Å². The Bertz CT molecular complexity index is 419. The Morgan fingerprint density at radius 1 is 0.455 bits per heavy atom. The van der Waals surface area contributed by atoms with Crippen LogP contribution in [0.5, 0.6) is 0 Å². The Hall–Kier alpha value is 3.03. The van der Waals surface area contributed by atoms with Crippen LogP contribution in [0.4, 0.5) is 0 Å². The third-order valence-electron chi connectivity index (χ3n) is 0.600. The molecule has 144 valence electrons. The van der Waals surface area contributed by atoms with Gasteiger partial charge in [-0.15, -0.1) is 0 Å². The second-order valence-electron chi connectivity index (χ2n) is 2.03. The van der Waals surface area contributed by atoms with Gasteiger partial charge < -0.3 is 38.5 Å². The molecule has 13 nitrogen and oxygen atoms in total. The van der Waals surface area contributed by atoms with Crippen LogP contribution in [-0.4, -0.2) is 0 Å². The second-order valence-corrected chi connectivity index (χ2v) is 7.57. The van der Waals surface area contributed by atoms with Crippen LogP contribution in [0.2, 0.25) is 0 Å². The predicted molar refractivity (Wildman–Crippen MR) is 33.7 cm³/mol. The Morgan fingerprint density at radius 3 is 0.773 bits per heavy atom. The predicted octanol–water partition coefficient (Wildman–Crippen LogP) is -4.38. The summed E-state index contributed by atoms with van der Waals surface area (Å²) < 4.78 is 48.5. The first kappa shape index (κ1) is 39.9. The largest absolute Gasteiger partial charge is 2.00 e. The summed E-state index contributed by atoms with van der Waals surface area (Å²) in [4.78, 5) is 60.0. The molecule has 0 heterocycles. The molecule has 22 heteroatoms. The maximum Gasteiger partial charge on any atom is 2.00 e. The molecule has 0 spiro atoms. The molecule has 0 saturated carbocycles. The molecule has 22 heavy (non-hydrogen) atoms. The van der Waals surface area contributed by atoms with Crippen molar-refractivity contribution in [1.82, 2.24) is 0 Å². The Labute approximate surface area is 173 Å². The minimum atomic E-state index is -6.26. The quantitative estimate of drug-likeness (QED) is 0.201. The fraction of sp³-hybridized carbons (Fsp3) is 0. The van der Waals surface area contributed by atoms with Crippen molar-refractivity contribution in [2.45, 2.75) is 0 Å². The van der Waals surface area contributed by atoms with Gasteiger partial charge in [0.2, 0.25) is 0 Å². The van der Waals surface area contributed by atoms with E-state index in [1.54, 1.807) is 0 Å². The van der Waals surface area contributed by atoms with E-state index < -0.39 is 31.3 Å². The summed E-state index contributed by atoms with van der Waals surface area (Å²) in [6, 6.07) is 0. The fourth-order valence-corrected chi connectivity index (χ4v) is 4.11. The van der Waals surface area contributed by atoms with Crippen LogP contribution >= 0.6 is 31.3 Å². The molecule has 0 aliphatic heterocycles. The zero-order chi connectivity index (χ0) is 14.1. The Balaban J connectivity index is -0.000000128. The van der Waals surface area contributed by atoms with Crippen LogP contribution in [-0.2, 0) is 114 Å². The number of hydrogen-bond donors (Lipinski definition) is 0.